The molecule has 1 aromatic rings. The van der Waals surface area contributed by atoms with E-state index in [1.54, 1.807) is 23.9 Å². The van der Waals surface area contributed by atoms with E-state index in [1.165, 1.54) is 0 Å². The lowest BCUT2D eigenvalue weighted by atomic mass is 10.2. The summed E-state index contributed by atoms with van der Waals surface area (Å²) in [6.45, 7) is 3.42. The van der Waals surface area contributed by atoms with Gasteiger partial charge in [-0.15, -0.1) is 11.8 Å². The Morgan fingerprint density at radius 1 is 1.43 bits per heavy atom. The van der Waals surface area contributed by atoms with Crippen molar-refractivity contribution in [3.05, 3.63) is 22.2 Å². The van der Waals surface area contributed by atoms with E-state index in [0.717, 1.165) is 26.1 Å². The molecule has 7 heteroatoms. The third-order valence-corrected chi connectivity index (χ3v) is 5.26. The summed E-state index contributed by atoms with van der Waals surface area (Å²) >= 11 is 13.6. The summed E-state index contributed by atoms with van der Waals surface area (Å²) < 4.78 is 5.32. The Morgan fingerprint density at radius 3 is 2.71 bits per heavy atom. The number of benzene rings is 1. The molecule has 2 rings (SSSR count). The van der Waals surface area contributed by atoms with Gasteiger partial charge in [-0.1, -0.05) is 23.2 Å². The van der Waals surface area contributed by atoms with E-state index in [0.29, 0.717) is 26.7 Å². The molecule has 0 radical (unpaired) electrons. The maximum atomic E-state index is 12.3. The Hall–Kier alpha value is -0.620. The SMILES string of the molecule is CC(SC1CCOCC1)C(=O)Nc1c(N)cc(Cl)cc1Cl. The maximum absolute atomic E-state index is 12.3. The lowest BCUT2D eigenvalue weighted by molar-refractivity contribution is -0.115. The monoisotopic (exact) mass is 348 g/mol. The van der Waals surface area contributed by atoms with Crippen molar-refractivity contribution in [2.24, 2.45) is 0 Å². The summed E-state index contributed by atoms with van der Waals surface area (Å²) in [5, 5.41) is 3.85. The number of thioether (sulfide) groups is 1. The Balaban J connectivity index is 1.97. The summed E-state index contributed by atoms with van der Waals surface area (Å²) in [5.74, 6) is -0.109. The molecular formula is C14H18Cl2N2O2S. The van der Waals surface area contributed by atoms with Crippen LogP contribution in [0.1, 0.15) is 19.8 Å². The summed E-state index contributed by atoms with van der Waals surface area (Å²) in [4.78, 5) is 12.3. The molecular weight excluding hydrogens is 331 g/mol. The minimum Gasteiger partial charge on any atom is -0.397 e. The number of halogens is 2. The molecule has 0 aromatic heterocycles. The number of nitrogen functional groups attached to an aromatic ring is 1. The Kier molecular flexibility index (Phi) is 6.05. The van der Waals surface area contributed by atoms with Crippen molar-refractivity contribution in [1.82, 2.24) is 0 Å². The highest BCUT2D eigenvalue weighted by Gasteiger charge is 2.22. The number of hydrogen-bond donors (Lipinski definition) is 2. The molecule has 1 fully saturated rings. The van der Waals surface area contributed by atoms with Crippen molar-refractivity contribution in [1.29, 1.82) is 0 Å². The molecule has 1 atom stereocenters. The molecule has 1 aliphatic heterocycles. The molecule has 0 saturated carbocycles. The predicted molar refractivity (Wildman–Crippen MR) is 90.4 cm³/mol. The lowest BCUT2D eigenvalue weighted by Crippen LogP contribution is -2.27. The van der Waals surface area contributed by atoms with E-state index in [4.69, 9.17) is 33.7 Å². The van der Waals surface area contributed by atoms with Gasteiger partial charge in [-0.3, -0.25) is 4.79 Å². The van der Waals surface area contributed by atoms with Crippen molar-refractivity contribution in [2.45, 2.75) is 30.3 Å². The molecule has 1 amide bonds. The molecule has 0 aliphatic carbocycles. The predicted octanol–water partition coefficient (Wildman–Crippen LogP) is 3.81. The number of carbonyl (C=O) groups excluding carboxylic acids is 1. The maximum Gasteiger partial charge on any atom is 0.237 e. The molecule has 1 unspecified atom stereocenters. The Morgan fingerprint density at radius 2 is 2.10 bits per heavy atom. The van der Waals surface area contributed by atoms with Crippen LogP contribution in [0.15, 0.2) is 12.1 Å². The smallest absolute Gasteiger partial charge is 0.237 e. The first kappa shape index (κ1) is 16.7. The molecule has 3 N–H and O–H groups in total. The van der Waals surface area contributed by atoms with Gasteiger partial charge in [0.05, 0.1) is 21.6 Å². The fraction of sp³-hybridized carbons (Fsp3) is 0.500. The van der Waals surface area contributed by atoms with Crippen molar-refractivity contribution in [3.8, 4) is 0 Å². The Bertz CT molecular complexity index is 499. The van der Waals surface area contributed by atoms with Gasteiger partial charge in [0.2, 0.25) is 5.91 Å². The van der Waals surface area contributed by atoms with E-state index in [9.17, 15) is 4.79 Å². The summed E-state index contributed by atoms with van der Waals surface area (Å²) in [5.41, 5.74) is 6.63. The normalized spacial score (nSPS) is 17.5. The number of ether oxygens (including phenoxy) is 1. The van der Waals surface area contributed by atoms with E-state index < -0.39 is 0 Å². The molecule has 1 saturated heterocycles. The largest absolute Gasteiger partial charge is 0.397 e. The molecule has 1 heterocycles. The summed E-state index contributed by atoms with van der Waals surface area (Å²) in [6, 6.07) is 3.13. The van der Waals surface area contributed by atoms with Crippen molar-refractivity contribution >= 4 is 52.2 Å². The standard InChI is InChI=1S/C14H18Cl2N2O2S/c1-8(21-10-2-4-20-5-3-10)14(19)18-13-11(16)6-9(15)7-12(13)17/h6-8,10H,2-5,17H2,1H3,(H,18,19). The summed E-state index contributed by atoms with van der Waals surface area (Å²) in [7, 11) is 0. The van der Waals surface area contributed by atoms with Crippen LogP contribution >= 0.6 is 35.0 Å². The van der Waals surface area contributed by atoms with Crippen LogP contribution < -0.4 is 11.1 Å². The van der Waals surface area contributed by atoms with Crippen LogP contribution in [0.25, 0.3) is 0 Å². The van der Waals surface area contributed by atoms with Crippen LogP contribution in [0.5, 0.6) is 0 Å². The van der Waals surface area contributed by atoms with Crippen LogP contribution in [0.2, 0.25) is 10.0 Å². The second-order valence-electron chi connectivity index (χ2n) is 4.93. The van der Waals surface area contributed by atoms with Crippen LogP contribution in [-0.2, 0) is 9.53 Å². The van der Waals surface area contributed by atoms with E-state index in [-0.39, 0.29) is 11.2 Å². The minimum atomic E-state index is -0.181. The number of nitrogens with one attached hydrogen (secondary N) is 1. The van der Waals surface area contributed by atoms with E-state index in [1.807, 2.05) is 6.92 Å². The zero-order valence-corrected chi connectivity index (χ0v) is 14.0. The van der Waals surface area contributed by atoms with Gasteiger partial charge in [0.1, 0.15) is 0 Å². The van der Waals surface area contributed by atoms with Gasteiger partial charge in [0, 0.05) is 23.5 Å². The third kappa shape index (κ3) is 4.68. The summed E-state index contributed by atoms with van der Waals surface area (Å²) in [6.07, 6.45) is 1.96. The van der Waals surface area contributed by atoms with Crippen LogP contribution in [-0.4, -0.2) is 29.6 Å². The highest BCUT2D eigenvalue weighted by Crippen LogP contribution is 2.33. The Labute approximate surface area is 138 Å². The highest BCUT2D eigenvalue weighted by molar-refractivity contribution is 8.01. The first-order valence-electron chi connectivity index (χ1n) is 6.76. The molecule has 0 spiro atoms. The van der Waals surface area contributed by atoms with Gasteiger partial charge in [-0.2, -0.15) is 0 Å². The quantitative estimate of drug-likeness (QED) is 0.812. The fourth-order valence-corrected chi connectivity index (χ4v) is 3.89. The minimum absolute atomic E-state index is 0.109. The third-order valence-electron chi connectivity index (χ3n) is 3.27. The molecule has 116 valence electrons. The van der Waals surface area contributed by atoms with Gasteiger partial charge in [-0.25, -0.2) is 0 Å². The number of rotatable bonds is 4. The average molecular weight is 349 g/mol. The second kappa shape index (κ2) is 7.58. The number of hydrogen-bond acceptors (Lipinski definition) is 4. The zero-order valence-electron chi connectivity index (χ0n) is 11.7. The molecule has 0 bridgehead atoms. The molecule has 1 aliphatic rings. The van der Waals surface area contributed by atoms with Crippen LogP contribution in [0.4, 0.5) is 11.4 Å². The molecule has 21 heavy (non-hydrogen) atoms. The van der Waals surface area contributed by atoms with Crippen LogP contribution in [0, 0.1) is 0 Å². The zero-order chi connectivity index (χ0) is 15.4. The second-order valence-corrected chi connectivity index (χ2v) is 7.42. The molecule has 1 aromatic carbocycles. The number of carbonyl (C=O) groups is 1. The van der Waals surface area contributed by atoms with Crippen LogP contribution in [0.3, 0.4) is 0 Å². The van der Waals surface area contributed by atoms with Gasteiger partial charge < -0.3 is 15.8 Å². The fourth-order valence-electron chi connectivity index (χ4n) is 2.11. The van der Waals surface area contributed by atoms with Crippen molar-refractivity contribution in [2.75, 3.05) is 24.3 Å². The van der Waals surface area contributed by atoms with Gasteiger partial charge in [0.15, 0.2) is 0 Å². The van der Waals surface area contributed by atoms with Crippen molar-refractivity contribution < 1.29 is 9.53 Å². The van der Waals surface area contributed by atoms with Gasteiger partial charge in [-0.05, 0) is 31.9 Å². The number of amides is 1. The number of anilines is 2. The number of nitrogens with two attached hydrogens (primary N) is 1. The average Bonchev–Trinajstić information content (AvgIpc) is 2.43. The lowest BCUT2D eigenvalue weighted by Gasteiger charge is -2.24. The van der Waals surface area contributed by atoms with E-state index in [2.05, 4.69) is 5.32 Å². The topological polar surface area (TPSA) is 64.3 Å². The first-order valence-corrected chi connectivity index (χ1v) is 8.46. The first-order chi connectivity index (χ1) is 9.97. The van der Waals surface area contributed by atoms with Crippen molar-refractivity contribution in [3.63, 3.8) is 0 Å². The van der Waals surface area contributed by atoms with E-state index >= 15 is 0 Å². The van der Waals surface area contributed by atoms with Gasteiger partial charge >= 0.3 is 0 Å². The molecule has 4 nitrogen and oxygen atoms in total. The highest BCUT2D eigenvalue weighted by atomic mass is 35.5. The van der Waals surface area contributed by atoms with Gasteiger partial charge in [0.25, 0.3) is 0 Å².